The highest BCUT2D eigenvalue weighted by molar-refractivity contribution is 5.85. The van der Waals surface area contributed by atoms with Gasteiger partial charge in [0.15, 0.2) is 0 Å². The van der Waals surface area contributed by atoms with Crippen LogP contribution in [0.1, 0.15) is 71.6 Å². The molecule has 8 nitrogen and oxygen atoms in total. The number of cyclic esters (lactones) is 1. The van der Waals surface area contributed by atoms with Crippen molar-refractivity contribution in [3.63, 3.8) is 0 Å². The van der Waals surface area contributed by atoms with E-state index in [1.54, 1.807) is 11.0 Å². The van der Waals surface area contributed by atoms with Crippen LogP contribution in [-0.4, -0.2) is 87.7 Å². The molecule has 5 fully saturated rings. The van der Waals surface area contributed by atoms with Crippen LogP contribution in [0.5, 0.6) is 0 Å². The number of carbonyl (C=O) groups excluding carboxylic acids is 2. The van der Waals surface area contributed by atoms with Gasteiger partial charge in [-0.25, -0.2) is 9.59 Å². The fourth-order valence-corrected chi connectivity index (χ4v) is 10.0. The first-order valence-corrected chi connectivity index (χ1v) is 14.5. The summed E-state index contributed by atoms with van der Waals surface area (Å²) >= 11 is 0. The number of hydrogen-bond acceptors (Lipinski definition) is 6. The van der Waals surface area contributed by atoms with Crippen LogP contribution in [0.3, 0.4) is 0 Å². The average molecular weight is 517 g/mol. The molecular weight excluding hydrogens is 472 g/mol. The van der Waals surface area contributed by atoms with Crippen molar-refractivity contribution < 1.29 is 29.6 Å². The van der Waals surface area contributed by atoms with E-state index in [0.29, 0.717) is 38.3 Å². The van der Waals surface area contributed by atoms with E-state index in [0.717, 1.165) is 44.1 Å². The number of carbonyl (C=O) groups is 2. The van der Waals surface area contributed by atoms with E-state index >= 15 is 0 Å². The summed E-state index contributed by atoms with van der Waals surface area (Å²) in [4.78, 5) is 28.6. The van der Waals surface area contributed by atoms with Crippen LogP contribution in [0.2, 0.25) is 0 Å². The molecule has 206 valence electrons. The number of aliphatic hydroxyl groups is 3. The summed E-state index contributed by atoms with van der Waals surface area (Å²) in [6, 6.07) is 0.210. The van der Waals surface area contributed by atoms with Gasteiger partial charge in [0.05, 0.1) is 17.8 Å². The minimum absolute atomic E-state index is 0.0228. The average Bonchev–Trinajstić information content (AvgIpc) is 3.56. The highest BCUT2D eigenvalue weighted by Crippen LogP contribution is 2.70. The molecule has 6 aliphatic rings. The number of hydrogen-bond donors (Lipinski definition) is 3. The standard InChI is InChI=1S/C29H44N2O6/c1-27-9-6-19(30(3)26(35)31-11-8-20(32)15-31)13-18(27)4-5-22-23(27)14-24(33)28(2)21(7-10-29(22,28)36)17-12-25(34)37-16-17/h12,18-24,32-33,36H,4-11,13-16H2,1-3H3/t18-,19+,20+,21-,22-,23+,24-,27+,28+,29+/m1/s1. The summed E-state index contributed by atoms with van der Waals surface area (Å²) < 4.78 is 5.21. The molecule has 3 N–H and O–H groups in total. The predicted molar refractivity (Wildman–Crippen MR) is 136 cm³/mol. The van der Waals surface area contributed by atoms with E-state index in [2.05, 4.69) is 13.8 Å². The number of β-amino-alcohol motifs (C(OH)–C–C–N with tert-alkyl or cyclic N) is 1. The SMILES string of the molecule is CN(C(=O)N1CC[C@H](O)C1)[C@H]1CC[C@@]2(C)[C@H](CC[C@@H]3[C@@H]2C[C@@H](O)[C@]2(C)[C@@H](C4=CC(=O)OC4)CC[C@]32O)C1. The van der Waals surface area contributed by atoms with Crippen molar-refractivity contribution in [3.8, 4) is 0 Å². The third kappa shape index (κ3) is 3.57. The van der Waals surface area contributed by atoms with Crippen molar-refractivity contribution in [2.24, 2.45) is 34.5 Å². The molecule has 0 unspecified atom stereocenters. The second-order valence-corrected chi connectivity index (χ2v) is 13.6. The second-order valence-electron chi connectivity index (χ2n) is 13.6. The Labute approximate surface area is 220 Å². The zero-order valence-electron chi connectivity index (χ0n) is 22.6. The van der Waals surface area contributed by atoms with Crippen LogP contribution in [0, 0.1) is 34.5 Å². The van der Waals surface area contributed by atoms with E-state index in [-0.39, 0.29) is 47.8 Å². The number of fused-ring (bicyclic) bond motifs is 5. The first-order chi connectivity index (χ1) is 17.5. The summed E-state index contributed by atoms with van der Waals surface area (Å²) in [5, 5.41) is 34.0. The summed E-state index contributed by atoms with van der Waals surface area (Å²) in [5.41, 5.74) is -0.684. The molecule has 2 amide bonds. The normalized spacial score (nSPS) is 49.1. The zero-order chi connectivity index (χ0) is 26.3. The minimum Gasteiger partial charge on any atom is -0.458 e. The molecule has 6 rings (SSSR count). The fraction of sp³-hybridized carbons (Fsp3) is 0.862. The Balaban J connectivity index is 1.21. The Morgan fingerprint density at radius 2 is 1.86 bits per heavy atom. The van der Waals surface area contributed by atoms with Crippen molar-refractivity contribution in [1.29, 1.82) is 0 Å². The lowest BCUT2D eigenvalue weighted by atomic mass is 9.42. The van der Waals surface area contributed by atoms with Crippen molar-refractivity contribution in [2.45, 2.75) is 95.5 Å². The Morgan fingerprint density at radius 1 is 1.08 bits per heavy atom. The van der Waals surface area contributed by atoms with Gasteiger partial charge in [-0.15, -0.1) is 0 Å². The second kappa shape index (κ2) is 8.68. The van der Waals surface area contributed by atoms with Crippen molar-refractivity contribution >= 4 is 12.0 Å². The zero-order valence-corrected chi connectivity index (χ0v) is 22.6. The van der Waals surface area contributed by atoms with Crippen LogP contribution in [0.25, 0.3) is 0 Å². The smallest absolute Gasteiger partial charge is 0.331 e. The van der Waals surface area contributed by atoms with Gasteiger partial charge in [0, 0.05) is 37.7 Å². The van der Waals surface area contributed by atoms with Gasteiger partial charge in [-0.1, -0.05) is 13.8 Å². The maximum absolute atomic E-state index is 13.1. The number of aliphatic hydroxyl groups excluding tert-OH is 2. The molecule has 0 bridgehead atoms. The topological polar surface area (TPSA) is 111 Å². The summed E-state index contributed by atoms with van der Waals surface area (Å²) in [5.74, 6) is 0.473. The van der Waals surface area contributed by atoms with Gasteiger partial charge in [-0.2, -0.15) is 0 Å². The number of nitrogens with zero attached hydrogens (tertiary/aromatic N) is 2. The molecule has 2 aliphatic heterocycles. The number of urea groups is 1. The van der Waals surface area contributed by atoms with Crippen LogP contribution < -0.4 is 0 Å². The number of esters is 1. The molecule has 0 aromatic carbocycles. The van der Waals surface area contributed by atoms with Crippen molar-refractivity contribution in [3.05, 3.63) is 11.6 Å². The lowest BCUT2D eigenvalue weighted by molar-refractivity contribution is -0.243. The quantitative estimate of drug-likeness (QED) is 0.487. The van der Waals surface area contributed by atoms with Crippen LogP contribution >= 0.6 is 0 Å². The molecule has 8 heteroatoms. The molecule has 0 aromatic rings. The first kappa shape index (κ1) is 25.6. The molecule has 37 heavy (non-hydrogen) atoms. The summed E-state index contributed by atoms with van der Waals surface area (Å²) in [6.07, 6.45) is 8.13. The molecule has 0 radical (unpaired) electrons. The van der Waals surface area contributed by atoms with E-state index in [4.69, 9.17) is 4.74 Å². The molecule has 4 aliphatic carbocycles. The van der Waals surface area contributed by atoms with E-state index in [1.807, 2.05) is 11.9 Å². The summed E-state index contributed by atoms with van der Waals surface area (Å²) in [7, 11) is 1.91. The van der Waals surface area contributed by atoms with Gasteiger partial charge in [0.1, 0.15) is 6.61 Å². The Hall–Kier alpha value is -1.64. The molecule has 0 aromatic heterocycles. The van der Waals surface area contributed by atoms with Crippen molar-refractivity contribution in [2.75, 3.05) is 26.7 Å². The van der Waals surface area contributed by atoms with E-state index in [9.17, 15) is 24.9 Å². The van der Waals surface area contributed by atoms with E-state index in [1.165, 1.54) is 0 Å². The molecule has 1 saturated heterocycles. The predicted octanol–water partition coefficient (Wildman–Crippen LogP) is 2.70. The monoisotopic (exact) mass is 516 g/mol. The van der Waals surface area contributed by atoms with Gasteiger partial charge in [0.2, 0.25) is 0 Å². The van der Waals surface area contributed by atoms with Gasteiger partial charge >= 0.3 is 12.0 Å². The van der Waals surface area contributed by atoms with E-state index < -0.39 is 23.2 Å². The molecule has 2 heterocycles. The van der Waals surface area contributed by atoms with Crippen LogP contribution in [0.4, 0.5) is 4.79 Å². The van der Waals surface area contributed by atoms with Gasteiger partial charge in [-0.05, 0) is 92.4 Å². The Morgan fingerprint density at radius 3 is 2.54 bits per heavy atom. The highest BCUT2D eigenvalue weighted by Gasteiger charge is 2.70. The third-order valence-electron chi connectivity index (χ3n) is 12.3. The summed E-state index contributed by atoms with van der Waals surface area (Å²) in [6.45, 7) is 5.75. The molecule has 4 saturated carbocycles. The largest absolute Gasteiger partial charge is 0.458 e. The van der Waals surface area contributed by atoms with Crippen LogP contribution in [-0.2, 0) is 9.53 Å². The number of likely N-dealkylation sites (tertiary alicyclic amines) is 1. The lowest BCUT2D eigenvalue weighted by Gasteiger charge is -2.65. The van der Waals surface area contributed by atoms with Gasteiger partial charge in [0.25, 0.3) is 0 Å². The minimum atomic E-state index is -0.958. The number of ether oxygens (including phenoxy) is 1. The third-order valence-corrected chi connectivity index (χ3v) is 12.3. The van der Waals surface area contributed by atoms with Gasteiger partial charge < -0.3 is 29.9 Å². The Kier molecular flexibility index (Phi) is 6.01. The lowest BCUT2D eigenvalue weighted by Crippen LogP contribution is -2.67. The number of amides is 2. The van der Waals surface area contributed by atoms with Crippen molar-refractivity contribution in [1.82, 2.24) is 9.80 Å². The van der Waals surface area contributed by atoms with Crippen LogP contribution in [0.15, 0.2) is 11.6 Å². The van der Waals surface area contributed by atoms with Gasteiger partial charge in [-0.3, -0.25) is 0 Å². The Bertz CT molecular complexity index is 1000. The maximum atomic E-state index is 13.1. The highest BCUT2D eigenvalue weighted by atomic mass is 16.5. The first-order valence-electron chi connectivity index (χ1n) is 14.5. The molecular formula is C29H44N2O6. The fourth-order valence-electron chi connectivity index (χ4n) is 10.0. The molecule has 10 atom stereocenters. The maximum Gasteiger partial charge on any atom is 0.331 e. The molecule has 0 spiro atoms. The number of rotatable bonds is 2.